The van der Waals surface area contributed by atoms with Crippen LogP contribution in [0.2, 0.25) is 0 Å². The molecule has 7 heteroatoms. The highest BCUT2D eigenvalue weighted by Crippen LogP contribution is 2.30. The first kappa shape index (κ1) is 25.9. The maximum Gasteiger partial charge on any atom is 0.573 e. The first-order valence-electron chi connectivity index (χ1n) is 10.8. The van der Waals surface area contributed by atoms with E-state index >= 15 is 0 Å². The van der Waals surface area contributed by atoms with Crippen LogP contribution in [0.5, 0.6) is 5.75 Å². The maximum atomic E-state index is 12.5. The van der Waals surface area contributed by atoms with Crippen molar-refractivity contribution in [1.82, 2.24) is 0 Å². The van der Waals surface area contributed by atoms with Gasteiger partial charge in [-0.3, -0.25) is 0 Å². The van der Waals surface area contributed by atoms with Crippen molar-refractivity contribution in [2.45, 2.75) is 58.0 Å². The topological polar surface area (TPSA) is 61.6 Å². The standard InChI is InChI=1S/C25H32F3NO3/c1-4-21(14-19-8-6-5-7-9-19)23(18(2)31-17-24(3,29)16-30)15-20-10-12-22(13-11-20)32-25(26,27)28/h5-13,16,18,21,23H,4,14-15,17,29H2,1-3H3/t18-,21+,23-,24-/m0/s1. The molecule has 0 radical (unpaired) electrons. The molecule has 0 bridgehead atoms. The molecule has 2 N–H and O–H groups in total. The summed E-state index contributed by atoms with van der Waals surface area (Å²) < 4.78 is 47.3. The number of alkyl halides is 3. The van der Waals surface area contributed by atoms with Gasteiger partial charge in [0.1, 0.15) is 12.0 Å². The zero-order valence-electron chi connectivity index (χ0n) is 18.8. The molecule has 0 amide bonds. The molecule has 0 aromatic heterocycles. The predicted molar refractivity (Wildman–Crippen MR) is 118 cm³/mol. The van der Waals surface area contributed by atoms with Crippen molar-refractivity contribution in [3.63, 3.8) is 0 Å². The van der Waals surface area contributed by atoms with Crippen molar-refractivity contribution in [3.8, 4) is 5.75 Å². The SMILES string of the molecule is CC[C@H](Cc1ccccc1)[C@@H](Cc1ccc(OC(F)(F)F)cc1)[C@H](C)OC[C@@](C)(N)C=O. The van der Waals surface area contributed by atoms with Crippen LogP contribution < -0.4 is 10.5 Å². The van der Waals surface area contributed by atoms with Gasteiger partial charge in [-0.1, -0.05) is 55.8 Å². The van der Waals surface area contributed by atoms with Crippen LogP contribution in [0.3, 0.4) is 0 Å². The number of ether oxygens (including phenoxy) is 2. The van der Waals surface area contributed by atoms with Crippen LogP contribution in [0.4, 0.5) is 13.2 Å². The van der Waals surface area contributed by atoms with Gasteiger partial charge in [0.2, 0.25) is 0 Å². The molecule has 32 heavy (non-hydrogen) atoms. The number of halogens is 3. The van der Waals surface area contributed by atoms with E-state index in [4.69, 9.17) is 10.5 Å². The summed E-state index contributed by atoms with van der Waals surface area (Å²) in [5, 5.41) is 0. The first-order valence-corrected chi connectivity index (χ1v) is 10.8. The van der Waals surface area contributed by atoms with Crippen LogP contribution in [-0.4, -0.2) is 30.9 Å². The predicted octanol–water partition coefficient (Wildman–Crippen LogP) is 5.33. The number of carbonyl (C=O) groups is 1. The molecular weight excluding hydrogens is 419 g/mol. The van der Waals surface area contributed by atoms with Crippen molar-refractivity contribution in [2.75, 3.05) is 6.61 Å². The average molecular weight is 452 g/mol. The number of hydrogen-bond acceptors (Lipinski definition) is 4. The van der Waals surface area contributed by atoms with Crippen LogP contribution in [0.25, 0.3) is 0 Å². The minimum absolute atomic E-state index is 0.0667. The van der Waals surface area contributed by atoms with E-state index in [9.17, 15) is 18.0 Å². The molecule has 0 aliphatic heterocycles. The average Bonchev–Trinajstić information content (AvgIpc) is 2.75. The molecule has 2 rings (SSSR count). The Morgan fingerprint density at radius 3 is 2.12 bits per heavy atom. The van der Waals surface area contributed by atoms with E-state index in [1.165, 1.54) is 17.7 Å². The lowest BCUT2D eigenvalue weighted by atomic mass is 9.78. The summed E-state index contributed by atoms with van der Waals surface area (Å²) in [5.41, 5.74) is 6.94. The summed E-state index contributed by atoms with van der Waals surface area (Å²) in [7, 11) is 0. The fourth-order valence-electron chi connectivity index (χ4n) is 3.80. The van der Waals surface area contributed by atoms with Gasteiger partial charge < -0.3 is 20.0 Å². The van der Waals surface area contributed by atoms with Gasteiger partial charge in [-0.2, -0.15) is 0 Å². The van der Waals surface area contributed by atoms with Crippen LogP contribution in [-0.2, 0) is 22.4 Å². The number of aldehydes is 1. The summed E-state index contributed by atoms with van der Waals surface area (Å²) in [4.78, 5) is 11.2. The molecular formula is C25H32F3NO3. The molecule has 0 saturated heterocycles. The van der Waals surface area contributed by atoms with Crippen molar-refractivity contribution in [3.05, 3.63) is 65.7 Å². The molecule has 0 spiro atoms. The van der Waals surface area contributed by atoms with E-state index in [1.807, 2.05) is 25.1 Å². The van der Waals surface area contributed by atoms with Gasteiger partial charge in [-0.15, -0.1) is 13.2 Å². The lowest BCUT2D eigenvalue weighted by Gasteiger charge is -2.33. The van der Waals surface area contributed by atoms with Gasteiger partial charge in [-0.05, 0) is 61.8 Å². The zero-order valence-corrected chi connectivity index (χ0v) is 18.8. The monoisotopic (exact) mass is 451 g/mol. The van der Waals surface area contributed by atoms with E-state index in [-0.39, 0.29) is 30.3 Å². The minimum atomic E-state index is -4.72. The Morgan fingerprint density at radius 1 is 1.00 bits per heavy atom. The molecule has 0 aliphatic rings. The maximum absolute atomic E-state index is 12.5. The smallest absolute Gasteiger partial charge is 0.406 e. The van der Waals surface area contributed by atoms with Crippen molar-refractivity contribution in [1.29, 1.82) is 0 Å². The summed E-state index contributed by atoms with van der Waals surface area (Å²) in [6, 6.07) is 16.1. The van der Waals surface area contributed by atoms with E-state index in [1.54, 1.807) is 19.1 Å². The second-order valence-electron chi connectivity index (χ2n) is 8.56. The van der Waals surface area contributed by atoms with Crippen LogP contribution >= 0.6 is 0 Å². The van der Waals surface area contributed by atoms with Crippen molar-refractivity contribution in [2.24, 2.45) is 17.6 Å². The number of benzene rings is 2. The molecule has 0 fully saturated rings. The van der Waals surface area contributed by atoms with E-state index in [0.29, 0.717) is 12.7 Å². The van der Waals surface area contributed by atoms with E-state index in [2.05, 4.69) is 23.8 Å². The third kappa shape index (κ3) is 8.63. The van der Waals surface area contributed by atoms with Gasteiger partial charge >= 0.3 is 6.36 Å². The zero-order chi connectivity index (χ0) is 23.8. The Balaban J connectivity index is 2.21. The fourth-order valence-corrected chi connectivity index (χ4v) is 3.80. The first-order chi connectivity index (χ1) is 15.0. The Kier molecular flexibility index (Phi) is 9.28. The minimum Gasteiger partial charge on any atom is -0.406 e. The van der Waals surface area contributed by atoms with Gasteiger partial charge in [0.25, 0.3) is 0 Å². The second kappa shape index (κ2) is 11.5. The highest BCUT2D eigenvalue weighted by Gasteiger charge is 2.32. The summed E-state index contributed by atoms with van der Waals surface area (Å²) in [6.07, 6.45) is -1.90. The van der Waals surface area contributed by atoms with Crippen molar-refractivity contribution < 1.29 is 27.4 Å². The normalized spacial score (nSPS) is 16.6. The van der Waals surface area contributed by atoms with Gasteiger partial charge in [0, 0.05) is 0 Å². The third-order valence-corrected chi connectivity index (χ3v) is 5.63. The molecule has 0 saturated carbocycles. The van der Waals surface area contributed by atoms with Crippen LogP contribution in [0.15, 0.2) is 54.6 Å². The lowest BCUT2D eigenvalue weighted by molar-refractivity contribution is -0.274. The van der Waals surface area contributed by atoms with Crippen molar-refractivity contribution >= 4 is 6.29 Å². The Hall–Kier alpha value is -2.38. The van der Waals surface area contributed by atoms with Gasteiger partial charge in [0.05, 0.1) is 18.2 Å². The fraction of sp³-hybridized carbons (Fsp3) is 0.480. The Labute approximate surface area is 187 Å². The van der Waals surface area contributed by atoms with E-state index in [0.717, 1.165) is 18.4 Å². The number of hydrogen-bond donors (Lipinski definition) is 1. The summed E-state index contributed by atoms with van der Waals surface area (Å²) in [5.74, 6) is 0.0825. The van der Waals surface area contributed by atoms with Crippen LogP contribution in [0, 0.1) is 11.8 Å². The molecule has 2 aromatic rings. The highest BCUT2D eigenvalue weighted by atomic mass is 19.4. The number of nitrogens with two attached hydrogens (primary N) is 1. The van der Waals surface area contributed by atoms with Crippen LogP contribution in [0.1, 0.15) is 38.3 Å². The molecule has 0 aliphatic carbocycles. The lowest BCUT2D eigenvalue weighted by Crippen LogP contribution is -2.45. The Morgan fingerprint density at radius 2 is 1.59 bits per heavy atom. The number of rotatable bonds is 12. The third-order valence-electron chi connectivity index (χ3n) is 5.63. The molecule has 176 valence electrons. The largest absolute Gasteiger partial charge is 0.573 e. The van der Waals surface area contributed by atoms with Gasteiger partial charge in [0.15, 0.2) is 0 Å². The quantitative estimate of drug-likeness (QED) is 0.443. The second-order valence-corrected chi connectivity index (χ2v) is 8.56. The Bertz CT molecular complexity index is 823. The summed E-state index contributed by atoms with van der Waals surface area (Å²) >= 11 is 0. The highest BCUT2D eigenvalue weighted by molar-refractivity contribution is 5.63. The van der Waals surface area contributed by atoms with Gasteiger partial charge in [-0.25, -0.2) is 0 Å². The van der Waals surface area contributed by atoms with E-state index < -0.39 is 11.9 Å². The molecule has 0 unspecified atom stereocenters. The molecule has 4 atom stereocenters. The number of carbonyl (C=O) groups excluding carboxylic acids is 1. The molecule has 2 aromatic carbocycles. The molecule has 4 nitrogen and oxygen atoms in total. The summed E-state index contributed by atoms with van der Waals surface area (Å²) in [6.45, 7) is 5.78. The molecule has 0 heterocycles.